The van der Waals surface area contributed by atoms with Gasteiger partial charge in [0.2, 0.25) is 0 Å². The molecule has 0 aliphatic rings. The van der Waals surface area contributed by atoms with Crippen LogP contribution in [0.25, 0.3) is 0 Å². The smallest absolute Gasteiger partial charge is 0.336 e. The average Bonchev–Trinajstić information content (AvgIpc) is 2.78. The van der Waals surface area contributed by atoms with Gasteiger partial charge < -0.3 is 14.6 Å². The first kappa shape index (κ1) is 32.5. The molecule has 35 heavy (non-hydrogen) atoms. The molecule has 0 bridgehead atoms. The number of carbonyl (C=O) groups excluding carboxylic acids is 2. The molecule has 0 amide bonds. The Labute approximate surface area is 210 Å². The molecule has 13 heteroatoms. The number of ether oxygens (including phenoxy) is 2. The molecule has 0 aliphatic heterocycles. The highest BCUT2D eigenvalue weighted by Gasteiger charge is 2.24. The molecule has 2 aromatic carbocycles. The SMILES string of the molecule is COC(=O)[C@@H](C)O.COC(=O)[C@@H](C)OS(=O)(=O)c1ccc(C)cc1.Cc1ccc(S(=O)(=O)Cl)cc1. The number of halogens is 1. The Hall–Kier alpha value is -2.51. The monoisotopic (exact) mass is 552 g/mol. The number of benzene rings is 2. The second kappa shape index (κ2) is 14.8. The summed E-state index contributed by atoms with van der Waals surface area (Å²) in [6.07, 6.45) is -2.16. The molecule has 10 nitrogen and oxygen atoms in total. The van der Waals surface area contributed by atoms with Gasteiger partial charge in [0, 0.05) is 10.7 Å². The van der Waals surface area contributed by atoms with Gasteiger partial charge in [-0.15, -0.1) is 0 Å². The molecule has 0 saturated carbocycles. The van der Waals surface area contributed by atoms with Gasteiger partial charge in [-0.05, 0) is 52.0 Å². The summed E-state index contributed by atoms with van der Waals surface area (Å²) >= 11 is 0. The molecule has 2 rings (SSSR count). The Morgan fingerprint density at radius 1 is 0.771 bits per heavy atom. The molecular formula is C22H29ClO10S2. The average molecular weight is 553 g/mol. The van der Waals surface area contributed by atoms with Crippen LogP contribution in [0.15, 0.2) is 58.3 Å². The van der Waals surface area contributed by atoms with E-state index in [-0.39, 0.29) is 9.79 Å². The molecule has 2 atom stereocenters. The van der Waals surface area contributed by atoms with Gasteiger partial charge >= 0.3 is 11.9 Å². The molecule has 0 saturated heterocycles. The van der Waals surface area contributed by atoms with Gasteiger partial charge in [0.15, 0.2) is 6.10 Å². The number of hydrogen-bond acceptors (Lipinski definition) is 10. The van der Waals surface area contributed by atoms with Crippen LogP contribution >= 0.6 is 10.7 Å². The van der Waals surface area contributed by atoms with Crippen molar-refractivity contribution >= 4 is 41.8 Å². The summed E-state index contributed by atoms with van der Waals surface area (Å²) in [6.45, 7) is 6.39. The molecule has 0 aliphatic carbocycles. The van der Waals surface area contributed by atoms with Crippen LogP contribution in [-0.2, 0) is 42.4 Å². The summed E-state index contributed by atoms with van der Waals surface area (Å²) in [4.78, 5) is 21.3. The zero-order valence-electron chi connectivity index (χ0n) is 20.1. The van der Waals surface area contributed by atoms with Gasteiger partial charge in [0.1, 0.15) is 6.10 Å². The summed E-state index contributed by atoms with van der Waals surface area (Å²) in [5.41, 5.74) is 1.94. The molecular weight excluding hydrogens is 524 g/mol. The molecule has 0 unspecified atom stereocenters. The lowest BCUT2D eigenvalue weighted by Gasteiger charge is -2.10. The first-order valence-electron chi connectivity index (χ1n) is 9.90. The minimum Gasteiger partial charge on any atom is -0.467 e. The molecule has 0 fully saturated rings. The fourth-order valence-corrected chi connectivity index (χ4v) is 3.84. The van der Waals surface area contributed by atoms with Crippen LogP contribution in [0.1, 0.15) is 25.0 Å². The Bertz CT molecular complexity index is 1160. The van der Waals surface area contributed by atoms with Crippen LogP contribution in [0, 0.1) is 13.8 Å². The van der Waals surface area contributed by atoms with Crippen molar-refractivity contribution in [1.29, 1.82) is 0 Å². The van der Waals surface area contributed by atoms with Crippen LogP contribution in [0.5, 0.6) is 0 Å². The van der Waals surface area contributed by atoms with Crippen molar-refractivity contribution in [3.05, 3.63) is 59.7 Å². The van der Waals surface area contributed by atoms with Crippen molar-refractivity contribution in [2.24, 2.45) is 0 Å². The summed E-state index contributed by atoms with van der Waals surface area (Å²) < 4.78 is 58.1. The number of methoxy groups -OCH3 is 2. The predicted octanol–water partition coefficient (Wildman–Crippen LogP) is 2.72. The summed E-state index contributed by atoms with van der Waals surface area (Å²) in [6, 6.07) is 12.5. The van der Waals surface area contributed by atoms with E-state index in [0.717, 1.165) is 11.1 Å². The van der Waals surface area contributed by atoms with E-state index in [9.17, 15) is 26.4 Å². The summed E-state index contributed by atoms with van der Waals surface area (Å²) in [7, 11) is 0.00209. The van der Waals surface area contributed by atoms with E-state index in [4.69, 9.17) is 20.0 Å². The van der Waals surface area contributed by atoms with Crippen molar-refractivity contribution in [3.63, 3.8) is 0 Å². The van der Waals surface area contributed by atoms with Gasteiger partial charge in [-0.25, -0.2) is 18.0 Å². The Kier molecular flexibility index (Phi) is 13.7. The zero-order chi connectivity index (χ0) is 27.4. The fraction of sp³-hybridized carbons (Fsp3) is 0.364. The molecule has 196 valence electrons. The van der Waals surface area contributed by atoms with Crippen molar-refractivity contribution in [3.8, 4) is 0 Å². The lowest BCUT2D eigenvalue weighted by Crippen LogP contribution is -2.25. The van der Waals surface area contributed by atoms with Crippen LogP contribution in [0.4, 0.5) is 0 Å². The highest BCUT2D eigenvalue weighted by atomic mass is 35.7. The van der Waals surface area contributed by atoms with Crippen LogP contribution < -0.4 is 0 Å². The third-order valence-corrected chi connectivity index (χ3v) is 6.72. The van der Waals surface area contributed by atoms with Crippen molar-refractivity contribution < 1.29 is 45.2 Å². The topological polar surface area (TPSA) is 150 Å². The van der Waals surface area contributed by atoms with Gasteiger partial charge in [-0.2, -0.15) is 8.42 Å². The number of aliphatic hydroxyl groups is 1. The quantitative estimate of drug-likeness (QED) is 0.322. The largest absolute Gasteiger partial charge is 0.467 e. The Morgan fingerprint density at radius 2 is 1.14 bits per heavy atom. The van der Waals surface area contributed by atoms with Crippen LogP contribution in [0.3, 0.4) is 0 Å². The van der Waals surface area contributed by atoms with Gasteiger partial charge in [-0.3, -0.25) is 4.18 Å². The number of esters is 2. The van der Waals surface area contributed by atoms with E-state index in [1.165, 1.54) is 52.3 Å². The highest BCUT2D eigenvalue weighted by molar-refractivity contribution is 8.13. The maximum atomic E-state index is 11.7. The van der Waals surface area contributed by atoms with Crippen molar-refractivity contribution in [1.82, 2.24) is 0 Å². The van der Waals surface area contributed by atoms with Crippen LogP contribution in [0.2, 0.25) is 0 Å². The van der Waals surface area contributed by atoms with E-state index in [2.05, 4.69) is 9.47 Å². The number of carbonyl (C=O) groups is 2. The maximum absolute atomic E-state index is 11.7. The Morgan fingerprint density at radius 3 is 1.43 bits per heavy atom. The molecule has 0 radical (unpaired) electrons. The van der Waals surface area contributed by atoms with E-state index in [1.54, 1.807) is 24.3 Å². The zero-order valence-corrected chi connectivity index (χ0v) is 22.5. The fourth-order valence-electron chi connectivity index (χ4n) is 2.03. The second-order valence-electron chi connectivity index (χ2n) is 6.98. The van der Waals surface area contributed by atoms with E-state index < -0.39 is 43.3 Å². The first-order valence-corrected chi connectivity index (χ1v) is 13.6. The molecule has 0 spiro atoms. The highest BCUT2D eigenvalue weighted by Crippen LogP contribution is 2.16. The summed E-state index contributed by atoms with van der Waals surface area (Å²) in [5, 5.41) is 8.35. The number of hydrogen-bond donors (Lipinski definition) is 1. The number of aliphatic hydroxyl groups excluding tert-OH is 1. The lowest BCUT2D eigenvalue weighted by atomic mass is 10.2. The second-order valence-corrected chi connectivity index (χ2v) is 11.1. The minimum absolute atomic E-state index is 0.0128. The standard InChI is InChI=1S/C11H14O5S.C7H7ClO2S.C4H8O3/c1-8-4-6-10(7-5-8)17(13,14)16-9(2)11(12)15-3;1-6-2-4-7(5-3-6)11(8,9)10;1-3(5)4(6)7-2/h4-7,9H,1-3H3;2-5H,1H3;3,5H,1-2H3/t9-;;3-/m1.1/s1. The molecule has 0 heterocycles. The van der Waals surface area contributed by atoms with E-state index in [1.807, 2.05) is 13.8 Å². The van der Waals surface area contributed by atoms with Crippen LogP contribution in [-0.4, -0.2) is 60.3 Å². The van der Waals surface area contributed by atoms with E-state index >= 15 is 0 Å². The van der Waals surface area contributed by atoms with Gasteiger partial charge in [0.05, 0.1) is 24.0 Å². The summed E-state index contributed by atoms with van der Waals surface area (Å²) in [5.74, 6) is -1.33. The minimum atomic E-state index is -3.93. The predicted molar refractivity (Wildman–Crippen MR) is 129 cm³/mol. The molecule has 2 aromatic rings. The normalized spacial score (nSPS) is 12.6. The van der Waals surface area contributed by atoms with Gasteiger partial charge in [-0.1, -0.05) is 35.4 Å². The number of aryl methyl sites for hydroxylation is 2. The lowest BCUT2D eigenvalue weighted by molar-refractivity contribution is -0.149. The number of rotatable bonds is 6. The van der Waals surface area contributed by atoms with E-state index in [0.29, 0.717) is 0 Å². The molecule has 1 N–H and O–H groups in total. The third-order valence-electron chi connectivity index (χ3n) is 3.96. The van der Waals surface area contributed by atoms with Crippen molar-refractivity contribution in [2.75, 3.05) is 14.2 Å². The molecule has 0 aromatic heterocycles. The Balaban J connectivity index is 0.000000550. The maximum Gasteiger partial charge on any atom is 0.336 e. The van der Waals surface area contributed by atoms with Gasteiger partial charge in [0.25, 0.3) is 19.2 Å². The first-order chi connectivity index (χ1) is 16.0. The third kappa shape index (κ3) is 12.7. The van der Waals surface area contributed by atoms with Crippen molar-refractivity contribution in [2.45, 2.75) is 49.7 Å².